The van der Waals surface area contributed by atoms with E-state index in [4.69, 9.17) is 5.73 Å². The summed E-state index contributed by atoms with van der Waals surface area (Å²) < 4.78 is 3.75. The molecule has 3 rings (SSSR count). The quantitative estimate of drug-likeness (QED) is 0.894. The van der Waals surface area contributed by atoms with E-state index >= 15 is 0 Å². The van der Waals surface area contributed by atoms with Crippen LogP contribution in [0.15, 0.2) is 29.6 Å². The molecule has 5 nitrogen and oxygen atoms in total. The van der Waals surface area contributed by atoms with Crippen molar-refractivity contribution in [3.05, 3.63) is 46.5 Å². The van der Waals surface area contributed by atoms with Crippen LogP contribution >= 0.6 is 11.5 Å². The lowest BCUT2D eigenvalue weighted by Gasteiger charge is -2.36. The number of nitrogens with zero attached hydrogens (tertiary/aromatic N) is 3. The zero-order valence-corrected chi connectivity index (χ0v) is 11.1. The lowest BCUT2D eigenvalue weighted by atomic mass is 9.92. The average Bonchev–Trinajstić information content (AvgIpc) is 2.99. The van der Waals surface area contributed by atoms with Crippen LogP contribution in [0.3, 0.4) is 0 Å². The van der Waals surface area contributed by atoms with Gasteiger partial charge in [-0.1, -0.05) is 28.8 Å². The van der Waals surface area contributed by atoms with Gasteiger partial charge in [-0.25, -0.2) is 0 Å². The fourth-order valence-corrected chi connectivity index (χ4v) is 2.98. The van der Waals surface area contributed by atoms with Gasteiger partial charge in [-0.15, -0.1) is 5.10 Å². The van der Waals surface area contributed by atoms with Gasteiger partial charge in [0.25, 0.3) is 5.91 Å². The van der Waals surface area contributed by atoms with E-state index in [1.165, 1.54) is 17.1 Å². The van der Waals surface area contributed by atoms with E-state index in [9.17, 15) is 4.79 Å². The van der Waals surface area contributed by atoms with Gasteiger partial charge in [0.05, 0.1) is 6.04 Å². The van der Waals surface area contributed by atoms with Crippen LogP contribution in [0.1, 0.15) is 27.7 Å². The normalized spacial score (nSPS) is 18.2. The van der Waals surface area contributed by atoms with Crippen molar-refractivity contribution in [3.8, 4) is 0 Å². The molecule has 2 N–H and O–H groups in total. The maximum Gasteiger partial charge on any atom is 0.275 e. The highest BCUT2D eigenvalue weighted by atomic mass is 32.1. The van der Waals surface area contributed by atoms with E-state index in [1.807, 2.05) is 18.2 Å². The number of benzene rings is 1. The number of rotatable bonds is 2. The topological polar surface area (TPSA) is 72.1 Å². The van der Waals surface area contributed by atoms with Crippen LogP contribution in [0.25, 0.3) is 0 Å². The van der Waals surface area contributed by atoms with Gasteiger partial charge in [-0.05, 0) is 29.1 Å². The Bertz CT molecular complexity index is 584. The lowest BCUT2D eigenvalue weighted by molar-refractivity contribution is 0.0661. The Morgan fingerprint density at radius 3 is 3.05 bits per heavy atom. The van der Waals surface area contributed by atoms with Crippen molar-refractivity contribution in [3.63, 3.8) is 0 Å². The molecule has 1 aromatic heterocycles. The Balaban J connectivity index is 1.94. The molecule has 0 aliphatic carbocycles. The first-order chi connectivity index (χ1) is 9.31. The van der Waals surface area contributed by atoms with E-state index in [2.05, 4.69) is 15.7 Å². The molecule has 1 aliphatic heterocycles. The Morgan fingerprint density at radius 2 is 2.32 bits per heavy atom. The van der Waals surface area contributed by atoms with E-state index in [1.54, 1.807) is 10.3 Å². The van der Waals surface area contributed by atoms with Crippen LogP contribution in [0.2, 0.25) is 0 Å². The van der Waals surface area contributed by atoms with Gasteiger partial charge in [0, 0.05) is 18.5 Å². The van der Waals surface area contributed by atoms with E-state index in [0.29, 0.717) is 18.8 Å². The van der Waals surface area contributed by atoms with Gasteiger partial charge in [0.2, 0.25) is 0 Å². The van der Waals surface area contributed by atoms with E-state index in [0.717, 1.165) is 12.0 Å². The predicted octanol–water partition coefficient (Wildman–Crippen LogP) is 1.24. The molecule has 1 aliphatic rings. The Kier molecular flexibility index (Phi) is 3.27. The van der Waals surface area contributed by atoms with E-state index in [-0.39, 0.29) is 11.9 Å². The third kappa shape index (κ3) is 2.13. The molecule has 1 unspecified atom stereocenters. The number of nitrogens with two attached hydrogens (primary N) is 1. The third-order valence-corrected chi connectivity index (χ3v) is 3.98. The summed E-state index contributed by atoms with van der Waals surface area (Å²) in [6.07, 6.45) is 0.857. The molecule has 0 saturated carbocycles. The maximum absolute atomic E-state index is 12.4. The molecule has 0 bridgehead atoms. The molecule has 0 fully saturated rings. The summed E-state index contributed by atoms with van der Waals surface area (Å²) in [6.45, 7) is 1.09. The van der Waals surface area contributed by atoms with Gasteiger partial charge in [-0.3, -0.25) is 4.79 Å². The maximum atomic E-state index is 12.4. The second-order valence-corrected chi connectivity index (χ2v) is 5.10. The lowest BCUT2D eigenvalue weighted by Crippen LogP contribution is -2.43. The number of amides is 1. The highest BCUT2D eigenvalue weighted by Crippen LogP contribution is 2.29. The zero-order chi connectivity index (χ0) is 13.2. The first-order valence-electron chi connectivity index (χ1n) is 6.17. The number of hydrogen-bond acceptors (Lipinski definition) is 5. The summed E-state index contributed by atoms with van der Waals surface area (Å²) in [4.78, 5) is 14.2. The summed E-state index contributed by atoms with van der Waals surface area (Å²) in [5.74, 6) is -0.0845. The average molecular weight is 274 g/mol. The molecule has 98 valence electrons. The second kappa shape index (κ2) is 5.07. The van der Waals surface area contributed by atoms with Crippen LogP contribution < -0.4 is 5.73 Å². The molecule has 19 heavy (non-hydrogen) atoms. The monoisotopic (exact) mass is 274 g/mol. The minimum absolute atomic E-state index is 0.0702. The van der Waals surface area contributed by atoms with E-state index < -0.39 is 0 Å². The molecular weight excluding hydrogens is 260 g/mol. The Labute approximate surface area is 115 Å². The van der Waals surface area contributed by atoms with Crippen LogP contribution in [-0.4, -0.2) is 33.5 Å². The largest absolute Gasteiger partial charge is 0.329 e. The smallest absolute Gasteiger partial charge is 0.275 e. The Hall–Kier alpha value is -1.79. The number of fused-ring (bicyclic) bond motifs is 1. The highest BCUT2D eigenvalue weighted by Gasteiger charge is 2.31. The standard InChI is InChI=1S/C13H14N4OS/c14-7-12-10-4-2-1-3-9(10)5-6-17(12)13(18)11-8-19-16-15-11/h1-4,8,12H,5-7,14H2. The molecule has 2 aromatic rings. The zero-order valence-electron chi connectivity index (χ0n) is 10.3. The van der Waals surface area contributed by atoms with Crippen LogP contribution in [0.5, 0.6) is 0 Å². The first kappa shape index (κ1) is 12.3. The van der Waals surface area contributed by atoms with Crippen molar-refractivity contribution in [1.82, 2.24) is 14.5 Å². The molecule has 0 saturated heterocycles. The van der Waals surface area contributed by atoms with Gasteiger partial charge in [-0.2, -0.15) is 0 Å². The van der Waals surface area contributed by atoms with Crippen molar-refractivity contribution in [2.24, 2.45) is 5.73 Å². The number of carbonyl (C=O) groups is 1. The molecule has 6 heteroatoms. The van der Waals surface area contributed by atoms with Crippen molar-refractivity contribution in [1.29, 1.82) is 0 Å². The fourth-order valence-electron chi connectivity index (χ4n) is 2.55. The summed E-state index contributed by atoms with van der Waals surface area (Å²) >= 11 is 1.19. The summed E-state index contributed by atoms with van der Waals surface area (Å²) in [7, 11) is 0. The van der Waals surface area contributed by atoms with Crippen molar-refractivity contribution >= 4 is 17.4 Å². The number of aromatic nitrogens is 2. The van der Waals surface area contributed by atoms with Crippen LogP contribution in [0.4, 0.5) is 0 Å². The van der Waals surface area contributed by atoms with Crippen molar-refractivity contribution in [2.75, 3.05) is 13.1 Å². The Morgan fingerprint density at radius 1 is 1.47 bits per heavy atom. The predicted molar refractivity (Wildman–Crippen MR) is 72.9 cm³/mol. The minimum atomic E-state index is -0.0845. The van der Waals surface area contributed by atoms with Gasteiger partial charge >= 0.3 is 0 Å². The second-order valence-electron chi connectivity index (χ2n) is 4.49. The number of hydrogen-bond donors (Lipinski definition) is 1. The summed E-state index contributed by atoms with van der Waals surface area (Å²) in [5, 5.41) is 5.53. The van der Waals surface area contributed by atoms with Crippen molar-refractivity contribution in [2.45, 2.75) is 12.5 Å². The molecule has 0 spiro atoms. The van der Waals surface area contributed by atoms with Gasteiger partial charge < -0.3 is 10.6 Å². The van der Waals surface area contributed by atoms with Crippen LogP contribution in [0, 0.1) is 0 Å². The summed E-state index contributed by atoms with van der Waals surface area (Å²) in [6, 6.07) is 8.09. The molecule has 1 amide bonds. The number of carbonyl (C=O) groups excluding carboxylic acids is 1. The highest BCUT2D eigenvalue weighted by molar-refractivity contribution is 7.03. The molecule has 1 aromatic carbocycles. The molecule has 2 heterocycles. The van der Waals surface area contributed by atoms with Crippen LogP contribution in [-0.2, 0) is 6.42 Å². The first-order valence-corrected chi connectivity index (χ1v) is 7.01. The third-order valence-electron chi connectivity index (χ3n) is 3.48. The van der Waals surface area contributed by atoms with Gasteiger partial charge in [0.1, 0.15) is 0 Å². The fraction of sp³-hybridized carbons (Fsp3) is 0.308. The summed E-state index contributed by atoms with van der Waals surface area (Å²) in [5.41, 5.74) is 8.70. The SMILES string of the molecule is NCC1c2ccccc2CCN1C(=O)c1csnn1. The van der Waals surface area contributed by atoms with Crippen molar-refractivity contribution < 1.29 is 4.79 Å². The minimum Gasteiger partial charge on any atom is -0.329 e. The van der Waals surface area contributed by atoms with Gasteiger partial charge in [0.15, 0.2) is 5.69 Å². The molecular formula is C13H14N4OS. The molecule has 1 atom stereocenters. The molecule has 0 radical (unpaired) electrons.